The molecular formula is C40H64N8O6. The highest BCUT2D eigenvalue weighted by molar-refractivity contribution is 5.98. The van der Waals surface area contributed by atoms with E-state index >= 15 is 0 Å². The SMILES string of the molecule is CC[C@@H](C)[C@@H]1NC(=O)[C@H]([C@H](C)CC)NC(=O)[C@@H](CC(C)C)NC(=O)[C@H](CC(C)C)NC(=O)[C@H](Cc2c[nH]c3ccccc23)NC(=O)[C@@H](CCCN)NC1=O. The summed E-state index contributed by atoms with van der Waals surface area (Å²) in [6, 6.07) is 1.25. The Hall–Kier alpha value is -4.46. The lowest BCUT2D eigenvalue weighted by molar-refractivity contribution is -0.138. The monoisotopic (exact) mass is 752 g/mol. The topological polar surface area (TPSA) is 216 Å². The van der Waals surface area contributed by atoms with Gasteiger partial charge in [0.25, 0.3) is 0 Å². The van der Waals surface area contributed by atoms with Crippen LogP contribution in [0.15, 0.2) is 30.5 Å². The van der Waals surface area contributed by atoms with Crippen LogP contribution in [0, 0.1) is 23.7 Å². The molecule has 0 aliphatic carbocycles. The smallest absolute Gasteiger partial charge is 0.243 e. The fraction of sp³-hybridized carbons (Fsp3) is 0.650. The van der Waals surface area contributed by atoms with Crippen LogP contribution in [-0.2, 0) is 35.2 Å². The molecule has 1 aromatic carbocycles. The van der Waals surface area contributed by atoms with Gasteiger partial charge in [0.1, 0.15) is 36.3 Å². The van der Waals surface area contributed by atoms with E-state index in [-0.39, 0.29) is 55.9 Å². The second kappa shape index (κ2) is 20.8. The van der Waals surface area contributed by atoms with Crippen LogP contribution < -0.4 is 37.6 Å². The largest absolute Gasteiger partial charge is 0.361 e. The number of nitrogens with two attached hydrogens (primary N) is 1. The first-order chi connectivity index (χ1) is 25.6. The number of amides is 6. The number of fused-ring (bicyclic) bond motifs is 1. The van der Waals surface area contributed by atoms with Crippen molar-refractivity contribution in [1.29, 1.82) is 0 Å². The Morgan fingerprint density at radius 1 is 0.593 bits per heavy atom. The lowest BCUT2D eigenvalue weighted by atomic mass is 9.93. The minimum absolute atomic E-state index is 0.00520. The molecule has 14 nitrogen and oxygen atoms in total. The maximum atomic E-state index is 14.3. The van der Waals surface area contributed by atoms with Crippen molar-refractivity contribution in [1.82, 2.24) is 36.9 Å². The quantitative estimate of drug-likeness (QED) is 0.153. The zero-order valence-electron chi connectivity index (χ0n) is 33.3. The molecule has 0 radical (unpaired) electrons. The number of hydrogen-bond donors (Lipinski definition) is 8. The van der Waals surface area contributed by atoms with Gasteiger partial charge in [-0.3, -0.25) is 28.8 Å². The maximum absolute atomic E-state index is 14.3. The Labute approximate surface area is 320 Å². The van der Waals surface area contributed by atoms with Crippen LogP contribution in [0.1, 0.15) is 99.5 Å². The summed E-state index contributed by atoms with van der Waals surface area (Å²) in [4.78, 5) is 87.7. The minimum Gasteiger partial charge on any atom is -0.361 e. The van der Waals surface area contributed by atoms with Crippen LogP contribution in [0.4, 0.5) is 0 Å². The van der Waals surface area contributed by atoms with Gasteiger partial charge < -0.3 is 42.6 Å². The van der Waals surface area contributed by atoms with Crippen molar-refractivity contribution < 1.29 is 28.8 Å². The van der Waals surface area contributed by atoms with Gasteiger partial charge in [-0.1, -0.05) is 86.4 Å². The molecule has 6 amide bonds. The van der Waals surface area contributed by atoms with Crippen molar-refractivity contribution in [2.75, 3.05) is 6.54 Å². The highest BCUT2D eigenvalue weighted by Gasteiger charge is 2.37. The Bertz CT molecular complexity index is 1590. The zero-order chi connectivity index (χ0) is 40.1. The van der Waals surface area contributed by atoms with E-state index in [1.165, 1.54) is 0 Å². The molecule has 2 aromatic rings. The van der Waals surface area contributed by atoms with E-state index in [9.17, 15) is 28.8 Å². The molecule has 0 bridgehead atoms. The normalized spacial score (nSPS) is 25.2. The molecule has 14 heteroatoms. The van der Waals surface area contributed by atoms with E-state index in [1.807, 2.05) is 79.7 Å². The van der Waals surface area contributed by atoms with Crippen molar-refractivity contribution in [2.45, 2.75) is 137 Å². The fourth-order valence-corrected chi connectivity index (χ4v) is 6.71. The fourth-order valence-electron chi connectivity index (χ4n) is 6.71. The van der Waals surface area contributed by atoms with Crippen LogP contribution in [0.25, 0.3) is 10.9 Å². The average Bonchev–Trinajstić information content (AvgIpc) is 3.54. The molecule has 300 valence electrons. The van der Waals surface area contributed by atoms with Crippen LogP contribution in [0.2, 0.25) is 0 Å². The highest BCUT2D eigenvalue weighted by Crippen LogP contribution is 2.20. The highest BCUT2D eigenvalue weighted by atomic mass is 16.2. The molecule has 1 aromatic heterocycles. The van der Waals surface area contributed by atoms with Crippen LogP contribution in [-0.4, -0.2) is 83.2 Å². The Kier molecular flexibility index (Phi) is 17.0. The lowest BCUT2D eigenvalue weighted by Gasteiger charge is -2.32. The van der Waals surface area contributed by atoms with Crippen molar-refractivity contribution in [2.24, 2.45) is 29.4 Å². The first-order valence-electron chi connectivity index (χ1n) is 19.7. The van der Waals surface area contributed by atoms with Crippen LogP contribution >= 0.6 is 0 Å². The van der Waals surface area contributed by atoms with E-state index in [0.29, 0.717) is 19.3 Å². The third-order valence-corrected chi connectivity index (χ3v) is 10.3. The van der Waals surface area contributed by atoms with Crippen molar-refractivity contribution in [3.05, 3.63) is 36.0 Å². The molecule has 0 unspecified atom stereocenters. The number of aromatic nitrogens is 1. The summed E-state index contributed by atoms with van der Waals surface area (Å²) in [5.41, 5.74) is 7.46. The van der Waals surface area contributed by atoms with E-state index < -0.39 is 71.7 Å². The number of H-pyrrole nitrogens is 1. The summed E-state index contributed by atoms with van der Waals surface area (Å²) in [7, 11) is 0. The molecule has 9 N–H and O–H groups in total. The summed E-state index contributed by atoms with van der Waals surface area (Å²) in [5.74, 6) is -4.07. The van der Waals surface area contributed by atoms with E-state index in [1.54, 1.807) is 6.20 Å². The number of rotatable bonds is 13. The molecule has 0 spiro atoms. The van der Waals surface area contributed by atoms with Crippen LogP contribution in [0.5, 0.6) is 0 Å². The first kappa shape index (κ1) is 43.9. The maximum Gasteiger partial charge on any atom is 0.243 e. The van der Waals surface area contributed by atoms with E-state index in [0.717, 1.165) is 16.5 Å². The number of benzene rings is 1. The standard InChI is InChI=1S/C40H64N8O6/c1-9-24(7)33-39(53)43-29(16-13-17-41)35(49)46-32(20-26-21-42-28-15-12-11-14-27(26)28)37(51)44-30(18-22(3)4)36(50)45-31(19-23(5)6)38(52)47-34(25(8)10-2)40(54)48-33/h11-12,14-15,21-25,29-34,42H,9-10,13,16-20,41H2,1-8H3,(H,43,53)(H,44,51)(H,45,50)(H,46,49)(H,47,52)(H,48,54)/t24-,25-,29-,30+,31-,32+,33+,34+/m1/s1. The molecular weight excluding hydrogens is 688 g/mol. The molecule has 2 heterocycles. The molecule has 1 fully saturated rings. The number of carbonyl (C=O) groups excluding carboxylic acids is 6. The Balaban J connectivity index is 2.15. The zero-order valence-corrected chi connectivity index (χ0v) is 33.3. The van der Waals surface area contributed by atoms with Gasteiger partial charge in [0, 0.05) is 23.5 Å². The molecule has 3 rings (SSSR count). The molecule has 1 aliphatic rings. The van der Waals surface area contributed by atoms with Gasteiger partial charge in [-0.2, -0.15) is 0 Å². The van der Waals surface area contributed by atoms with Gasteiger partial charge in [0.15, 0.2) is 0 Å². The first-order valence-corrected chi connectivity index (χ1v) is 19.7. The summed E-state index contributed by atoms with van der Waals surface area (Å²) >= 11 is 0. The summed E-state index contributed by atoms with van der Waals surface area (Å²) in [5, 5.41) is 18.1. The molecule has 8 atom stereocenters. The number of nitrogens with one attached hydrogen (secondary N) is 7. The number of hydrogen-bond acceptors (Lipinski definition) is 7. The van der Waals surface area contributed by atoms with Crippen LogP contribution in [0.3, 0.4) is 0 Å². The third kappa shape index (κ3) is 12.3. The number of para-hydroxylation sites is 1. The third-order valence-electron chi connectivity index (χ3n) is 10.3. The van der Waals surface area contributed by atoms with E-state index in [4.69, 9.17) is 5.73 Å². The second-order valence-corrected chi connectivity index (χ2v) is 15.7. The van der Waals surface area contributed by atoms with Crippen molar-refractivity contribution in [3.63, 3.8) is 0 Å². The Morgan fingerprint density at radius 2 is 1.04 bits per heavy atom. The van der Waals surface area contributed by atoms with Gasteiger partial charge in [0.05, 0.1) is 0 Å². The second-order valence-electron chi connectivity index (χ2n) is 15.7. The summed E-state index contributed by atoms with van der Waals surface area (Å²) < 4.78 is 0. The van der Waals surface area contributed by atoms with Gasteiger partial charge >= 0.3 is 0 Å². The lowest BCUT2D eigenvalue weighted by Crippen LogP contribution is -2.63. The predicted molar refractivity (Wildman–Crippen MR) is 210 cm³/mol. The molecule has 1 aliphatic heterocycles. The Morgan fingerprint density at radius 3 is 1.57 bits per heavy atom. The molecule has 54 heavy (non-hydrogen) atoms. The average molecular weight is 753 g/mol. The van der Waals surface area contributed by atoms with Gasteiger partial charge in [-0.05, 0) is 67.5 Å². The summed E-state index contributed by atoms with van der Waals surface area (Å²) in [6.07, 6.45) is 4.04. The molecule has 0 saturated carbocycles. The van der Waals surface area contributed by atoms with E-state index in [2.05, 4.69) is 36.9 Å². The van der Waals surface area contributed by atoms with Gasteiger partial charge in [0.2, 0.25) is 35.4 Å². The predicted octanol–water partition coefficient (Wildman–Crippen LogP) is 2.56. The number of aromatic amines is 1. The van der Waals surface area contributed by atoms with Gasteiger partial charge in [-0.15, -0.1) is 0 Å². The van der Waals surface area contributed by atoms with Gasteiger partial charge in [-0.25, -0.2) is 0 Å². The van der Waals surface area contributed by atoms with Crippen molar-refractivity contribution in [3.8, 4) is 0 Å². The van der Waals surface area contributed by atoms with Crippen molar-refractivity contribution >= 4 is 46.3 Å². The summed E-state index contributed by atoms with van der Waals surface area (Å²) in [6.45, 7) is 15.4. The number of carbonyl (C=O) groups is 6. The minimum atomic E-state index is -1.15. The molecule has 1 saturated heterocycles.